The van der Waals surface area contributed by atoms with Gasteiger partial charge in [-0.05, 0) is 30.2 Å². The molecule has 3 rings (SSSR count). The summed E-state index contributed by atoms with van der Waals surface area (Å²) in [4.78, 5) is 12.3. The smallest absolute Gasteiger partial charge is 0.319 e. The van der Waals surface area contributed by atoms with Gasteiger partial charge < -0.3 is 24.8 Å². The van der Waals surface area contributed by atoms with E-state index in [4.69, 9.17) is 14.2 Å². The van der Waals surface area contributed by atoms with Crippen LogP contribution in [-0.4, -0.2) is 32.9 Å². The highest BCUT2D eigenvalue weighted by Crippen LogP contribution is 2.29. The first-order valence-corrected chi connectivity index (χ1v) is 7.70. The minimum Gasteiger partial charge on any atom is -0.497 e. The van der Waals surface area contributed by atoms with Gasteiger partial charge in [-0.1, -0.05) is 18.2 Å². The second-order valence-electron chi connectivity index (χ2n) is 5.48. The summed E-state index contributed by atoms with van der Waals surface area (Å²) in [5, 5.41) is 5.72. The van der Waals surface area contributed by atoms with Crippen LogP contribution in [0.25, 0.3) is 0 Å². The van der Waals surface area contributed by atoms with Crippen molar-refractivity contribution in [3.63, 3.8) is 0 Å². The summed E-state index contributed by atoms with van der Waals surface area (Å²) in [5.74, 6) is 2.09. The van der Waals surface area contributed by atoms with E-state index in [1.54, 1.807) is 32.4 Å². The van der Waals surface area contributed by atoms with E-state index in [0.717, 1.165) is 17.7 Å². The average Bonchev–Trinajstić information content (AvgIpc) is 2.61. The summed E-state index contributed by atoms with van der Waals surface area (Å²) in [5.41, 5.74) is 1.64. The lowest BCUT2D eigenvalue weighted by molar-refractivity contribution is 0.222. The number of amides is 2. The summed E-state index contributed by atoms with van der Waals surface area (Å²) in [7, 11) is 3.12. The summed E-state index contributed by atoms with van der Waals surface area (Å²) in [6.07, 6.45) is 0.735. The van der Waals surface area contributed by atoms with Crippen LogP contribution in [-0.2, 0) is 6.42 Å². The van der Waals surface area contributed by atoms with Crippen molar-refractivity contribution >= 4 is 11.7 Å². The van der Waals surface area contributed by atoms with Crippen molar-refractivity contribution < 1.29 is 19.0 Å². The maximum absolute atomic E-state index is 12.3. The molecule has 2 amide bonds. The van der Waals surface area contributed by atoms with Crippen LogP contribution >= 0.6 is 0 Å². The van der Waals surface area contributed by atoms with Gasteiger partial charge in [0.05, 0.1) is 25.9 Å². The number of fused-ring (bicyclic) bond motifs is 1. The molecule has 1 heterocycles. The van der Waals surface area contributed by atoms with E-state index in [2.05, 4.69) is 10.6 Å². The third-order valence-electron chi connectivity index (χ3n) is 3.87. The van der Waals surface area contributed by atoms with Gasteiger partial charge in [0.2, 0.25) is 0 Å². The lowest BCUT2D eigenvalue weighted by atomic mass is 10.0. The fourth-order valence-electron chi connectivity index (χ4n) is 2.68. The first kappa shape index (κ1) is 16.0. The lowest BCUT2D eigenvalue weighted by Crippen LogP contribution is -2.44. The van der Waals surface area contributed by atoms with Crippen LogP contribution < -0.4 is 24.8 Å². The van der Waals surface area contributed by atoms with Gasteiger partial charge in [-0.15, -0.1) is 0 Å². The van der Waals surface area contributed by atoms with Crippen LogP contribution in [0.2, 0.25) is 0 Å². The number of carbonyl (C=O) groups excluding carboxylic acids is 1. The molecule has 1 aliphatic rings. The summed E-state index contributed by atoms with van der Waals surface area (Å²) in [6, 6.07) is 12.7. The molecule has 0 bridgehead atoms. The first-order chi connectivity index (χ1) is 11.7. The predicted molar refractivity (Wildman–Crippen MR) is 91.1 cm³/mol. The van der Waals surface area contributed by atoms with Gasteiger partial charge in [0, 0.05) is 6.07 Å². The van der Waals surface area contributed by atoms with Crippen LogP contribution in [0.15, 0.2) is 42.5 Å². The Hall–Kier alpha value is -2.89. The Kier molecular flexibility index (Phi) is 4.74. The van der Waals surface area contributed by atoms with Crippen molar-refractivity contribution in [1.29, 1.82) is 0 Å². The van der Waals surface area contributed by atoms with Crippen LogP contribution in [0, 0.1) is 0 Å². The zero-order valence-electron chi connectivity index (χ0n) is 13.7. The first-order valence-electron chi connectivity index (χ1n) is 7.70. The van der Waals surface area contributed by atoms with Gasteiger partial charge in [-0.2, -0.15) is 0 Å². The van der Waals surface area contributed by atoms with E-state index in [9.17, 15) is 4.79 Å². The number of hydrogen-bond acceptors (Lipinski definition) is 4. The molecule has 0 saturated carbocycles. The standard InChI is InChI=1S/C18H20N2O4/c1-22-14-7-8-17(23-2)15(10-14)20-18(21)19-13-9-12-5-3-4-6-16(12)24-11-13/h3-8,10,13H,9,11H2,1-2H3,(H2,19,20,21). The molecule has 2 aromatic rings. The van der Waals surface area contributed by atoms with E-state index in [-0.39, 0.29) is 12.1 Å². The third kappa shape index (κ3) is 3.53. The Bertz CT molecular complexity index is 733. The Morgan fingerprint density at radius 1 is 1.17 bits per heavy atom. The number of methoxy groups -OCH3 is 2. The number of carbonyl (C=O) groups is 1. The normalized spacial score (nSPS) is 15.7. The van der Waals surface area contributed by atoms with Gasteiger partial charge in [0.15, 0.2) is 0 Å². The highest BCUT2D eigenvalue weighted by atomic mass is 16.5. The second kappa shape index (κ2) is 7.12. The van der Waals surface area contributed by atoms with Gasteiger partial charge in [-0.3, -0.25) is 0 Å². The molecule has 0 spiro atoms. The predicted octanol–water partition coefficient (Wildman–Crippen LogP) is 2.83. The van der Waals surface area contributed by atoms with Gasteiger partial charge >= 0.3 is 6.03 Å². The number of ether oxygens (including phenoxy) is 3. The van der Waals surface area contributed by atoms with Crippen molar-refractivity contribution in [3.05, 3.63) is 48.0 Å². The minimum absolute atomic E-state index is 0.0866. The molecule has 6 heteroatoms. The summed E-state index contributed by atoms with van der Waals surface area (Å²) < 4.78 is 16.1. The van der Waals surface area contributed by atoms with E-state index in [1.165, 1.54) is 0 Å². The van der Waals surface area contributed by atoms with Gasteiger partial charge in [0.25, 0.3) is 0 Å². The van der Waals surface area contributed by atoms with E-state index >= 15 is 0 Å². The fraction of sp³-hybridized carbons (Fsp3) is 0.278. The molecular weight excluding hydrogens is 308 g/mol. The van der Waals surface area contributed by atoms with Crippen molar-refractivity contribution in [2.24, 2.45) is 0 Å². The van der Waals surface area contributed by atoms with Crippen molar-refractivity contribution in [3.8, 4) is 17.2 Å². The zero-order chi connectivity index (χ0) is 16.9. The Labute approximate surface area is 140 Å². The summed E-state index contributed by atoms with van der Waals surface area (Å²) in [6.45, 7) is 0.444. The molecule has 2 aromatic carbocycles. The number of benzene rings is 2. The average molecular weight is 328 g/mol. The van der Waals surface area contributed by atoms with Gasteiger partial charge in [-0.25, -0.2) is 4.79 Å². The fourth-order valence-corrected chi connectivity index (χ4v) is 2.68. The molecular formula is C18H20N2O4. The molecule has 0 aliphatic carbocycles. The van der Waals surface area contributed by atoms with Gasteiger partial charge in [0.1, 0.15) is 23.9 Å². The molecule has 2 N–H and O–H groups in total. The topological polar surface area (TPSA) is 68.8 Å². The Morgan fingerprint density at radius 2 is 2.00 bits per heavy atom. The summed E-state index contributed by atoms with van der Waals surface area (Å²) >= 11 is 0. The largest absolute Gasteiger partial charge is 0.497 e. The highest BCUT2D eigenvalue weighted by molar-refractivity contribution is 5.91. The monoisotopic (exact) mass is 328 g/mol. The van der Waals surface area contributed by atoms with Crippen molar-refractivity contribution in [2.45, 2.75) is 12.5 Å². The number of hydrogen-bond donors (Lipinski definition) is 2. The third-order valence-corrected chi connectivity index (χ3v) is 3.87. The maximum atomic E-state index is 12.3. The van der Waals surface area contributed by atoms with Crippen LogP contribution in [0.3, 0.4) is 0 Å². The van der Waals surface area contributed by atoms with Crippen molar-refractivity contribution in [1.82, 2.24) is 5.32 Å². The minimum atomic E-state index is -0.311. The second-order valence-corrected chi connectivity index (χ2v) is 5.48. The molecule has 0 saturated heterocycles. The molecule has 1 unspecified atom stereocenters. The number of anilines is 1. The zero-order valence-corrected chi connectivity index (χ0v) is 13.7. The number of para-hydroxylation sites is 1. The van der Waals surface area contributed by atoms with E-state index in [0.29, 0.717) is 23.8 Å². The SMILES string of the molecule is COc1ccc(OC)c(NC(=O)NC2COc3ccccc3C2)c1. The molecule has 126 valence electrons. The molecule has 0 fully saturated rings. The molecule has 24 heavy (non-hydrogen) atoms. The Balaban J connectivity index is 1.64. The molecule has 6 nitrogen and oxygen atoms in total. The van der Waals surface area contributed by atoms with E-state index < -0.39 is 0 Å². The van der Waals surface area contributed by atoms with Crippen LogP contribution in [0.5, 0.6) is 17.2 Å². The van der Waals surface area contributed by atoms with E-state index in [1.807, 2.05) is 24.3 Å². The molecule has 0 aromatic heterocycles. The molecule has 1 atom stereocenters. The quantitative estimate of drug-likeness (QED) is 0.905. The lowest BCUT2D eigenvalue weighted by Gasteiger charge is -2.26. The van der Waals surface area contributed by atoms with Crippen LogP contribution in [0.1, 0.15) is 5.56 Å². The number of nitrogens with one attached hydrogen (secondary N) is 2. The Morgan fingerprint density at radius 3 is 2.79 bits per heavy atom. The number of rotatable bonds is 4. The van der Waals surface area contributed by atoms with Crippen molar-refractivity contribution in [2.75, 3.05) is 26.1 Å². The highest BCUT2D eigenvalue weighted by Gasteiger charge is 2.21. The molecule has 1 aliphatic heterocycles. The van der Waals surface area contributed by atoms with Crippen LogP contribution in [0.4, 0.5) is 10.5 Å². The molecule has 0 radical (unpaired) electrons. The maximum Gasteiger partial charge on any atom is 0.319 e. The number of urea groups is 1.